The van der Waals surface area contributed by atoms with Crippen LogP contribution in [0.5, 0.6) is 11.5 Å². The molecule has 1 saturated heterocycles. The van der Waals surface area contributed by atoms with Gasteiger partial charge >= 0.3 is 0 Å². The van der Waals surface area contributed by atoms with E-state index in [9.17, 15) is 0 Å². The van der Waals surface area contributed by atoms with Crippen LogP contribution >= 0.6 is 0 Å². The molecule has 134 valence electrons. The van der Waals surface area contributed by atoms with Gasteiger partial charge < -0.3 is 29.7 Å². The summed E-state index contributed by atoms with van der Waals surface area (Å²) in [6.07, 6.45) is 0.164. The smallest absolute Gasteiger partial charge is 0.195 e. The van der Waals surface area contributed by atoms with Crippen molar-refractivity contribution in [3.05, 3.63) is 18.2 Å². The summed E-state index contributed by atoms with van der Waals surface area (Å²) in [5.74, 6) is 2.11. The largest absolute Gasteiger partial charge is 0.493 e. The Kier molecular flexibility index (Phi) is 7.14. The third-order valence-corrected chi connectivity index (χ3v) is 3.79. The van der Waals surface area contributed by atoms with E-state index in [4.69, 9.17) is 14.2 Å². The second kappa shape index (κ2) is 9.34. The third-order valence-electron chi connectivity index (χ3n) is 3.79. The maximum atomic E-state index is 5.75. The van der Waals surface area contributed by atoms with Crippen LogP contribution in [0.25, 0.3) is 0 Å². The summed E-state index contributed by atoms with van der Waals surface area (Å²) in [5, 5.41) is 6.57. The van der Waals surface area contributed by atoms with Crippen molar-refractivity contribution in [1.82, 2.24) is 10.2 Å². The van der Waals surface area contributed by atoms with Crippen molar-refractivity contribution in [3.63, 3.8) is 0 Å². The molecule has 0 spiro atoms. The summed E-state index contributed by atoms with van der Waals surface area (Å²) >= 11 is 0. The minimum Gasteiger partial charge on any atom is -0.493 e. The number of nitrogens with zero attached hydrogens (tertiary/aromatic N) is 2. The zero-order chi connectivity index (χ0) is 17.4. The molecule has 0 aliphatic carbocycles. The SMILES string of the molecule is CCOc1cc(NC(=NC)NCC2CN(C)CCO2)ccc1OC. The lowest BCUT2D eigenvalue weighted by atomic mass is 10.2. The molecule has 1 aliphatic heterocycles. The summed E-state index contributed by atoms with van der Waals surface area (Å²) in [4.78, 5) is 6.53. The van der Waals surface area contributed by atoms with Crippen molar-refractivity contribution in [2.24, 2.45) is 4.99 Å². The highest BCUT2D eigenvalue weighted by molar-refractivity contribution is 5.93. The van der Waals surface area contributed by atoms with Crippen molar-refractivity contribution in [3.8, 4) is 11.5 Å². The lowest BCUT2D eigenvalue weighted by Gasteiger charge is -2.30. The summed E-state index contributed by atoms with van der Waals surface area (Å²) < 4.78 is 16.7. The highest BCUT2D eigenvalue weighted by Crippen LogP contribution is 2.30. The molecule has 1 aromatic rings. The number of likely N-dealkylation sites (N-methyl/N-ethyl adjacent to an activating group) is 1. The second-order valence-corrected chi connectivity index (χ2v) is 5.63. The monoisotopic (exact) mass is 336 g/mol. The standard InChI is InChI=1S/C17H28N4O3/c1-5-23-16-10-13(6-7-15(16)22-4)20-17(18-2)19-11-14-12-21(3)8-9-24-14/h6-7,10,14H,5,8-9,11-12H2,1-4H3,(H2,18,19,20). The second-order valence-electron chi connectivity index (χ2n) is 5.63. The fraction of sp³-hybridized carbons (Fsp3) is 0.588. The lowest BCUT2D eigenvalue weighted by molar-refractivity contribution is -0.0160. The molecule has 2 rings (SSSR count). The first-order valence-corrected chi connectivity index (χ1v) is 8.25. The van der Waals surface area contributed by atoms with Gasteiger partial charge in [0.1, 0.15) is 0 Å². The van der Waals surface area contributed by atoms with E-state index in [1.807, 2.05) is 25.1 Å². The molecular formula is C17H28N4O3. The van der Waals surface area contributed by atoms with Crippen molar-refractivity contribution < 1.29 is 14.2 Å². The maximum Gasteiger partial charge on any atom is 0.195 e. The Hall–Kier alpha value is -1.99. The van der Waals surface area contributed by atoms with E-state index >= 15 is 0 Å². The maximum absolute atomic E-state index is 5.75. The molecule has 2 N–H and O–H groups in total. The van der Waals surface area contributed by atoms with Gasteiger partial charge in [0, 0.05) is 38.4 Å². The number of benzene rings is 1. The first-order valence-electron chi connectivity index (χ1n) is 8.25. The predicted octanol–water partition coefficient (Wildman–Crippen LogP) is 1.41. The molecule has 0 saturated carbocycles. The first kappa shape index (κ1) is 18.4. The van der Waals surface area contributed by atoms with Gasteiger partial charge in [-0.2, -0.15) is 0 Å². The van der Waals surface area contributed by atoms with Crippen LogP contribution in [0.15, 0.2) is 23.2 Å². The molecule has 1 aromatic carbocycles. The average Bonchev–Trinajstić information content (AvgIpc) is 2.59. The molecule has 0 amide bonds. The number of anilines is 1. The summed E-state index contributed by atoms with van der Waals surface area (Å²) in [5.41, 5.74) is 0.883. The Labute approximate surface area is 144 Å². The highest BCUT2D eigenvalue weighted by Gasteiger charge is 2.17. The van der Waals surface area contributed by atoms with Gasteiger partial charge in [0.15, 0.2) is 17.5 Å². The van der Waals surface area contributed by atoms with Crippen molar-refractivity contribution >= 4 is 11.6 Å². The molecule has 1 heterocycles. The summed E-state index contributed by atoms with van der Waals surface area (Å²) in [6, 6.07) is 5.71. The van der Waals surface area contributed by atoms with Crippen LogP contribution in [0.1, 0.15) is 6.92 Å². The summed E-state index contributed by atoms with van der Waals surface area (Å²) in [6.45, 7) is 5.90. The van der Waals surface area contributed by atoms with Crippen LogP contribution in [0.2, 0.25) is 0 Å². The molecule has 7 nitrogen and oxygen atoms in total. The number of methoxy groups -OCH3 is 1. The normalized spacial score (nSPS) is 19.0. The van der Waals surface area contributed by atoms with Crippen molar-refractivity contribution in [1.29, 1.82) is 0 Å². The minimum atomic E-state index is 0.164. The van der Waals surface area contributed by atoms with Crippen LogP contribution in [0, 0.1) is 0 Å². The van der Waals surface area contributed by atoms with E-state index in [0.717, 1.165) is 25.4 Å². The number of nitrogens with one attached hydrogen (secondary N) is 2. The van der Waals surface area contributed by atoms with E-state index in [1.54, 1.807) is 14.2 Å². The fourth-order valence-electron chi connectivity index (χ4n) is 2.54. The quantitative estimate of drug-likeness (QED) is 0.605. The van der Waals surface area contributed by atoms with Crippen LogP contribution in [-0.2, 0) is 4.74 Å². The Morgan fingerprint density at radius 1 is 1.42 bits per heavy atom. The topological polar surface area (TPSA) is 67.4 Å². The molecular weight excluding hydrogens is 308 g/mol. The molecule has 7 heteroatoms. The average molecular weight is 336 g/mol. The fourth-order valence-corrected chi connectivity index (χ4v) is 2.54. The van der Waals surface area contributed by atoms with E-state index in [0.29, 0.717) is 30.6 Å². The third kappa shape index (κ3) is 5.28. The van der Waals surface area contributed by atoms with E-state index in [2.05, 4.69) is 27.6 Å². The molecule has 1 fully saturated rings. The van der Waals surface area contributed by atoms with Gasteiger partial charge in [-0.1, -0.05) is 0 Å². The first-order chi connectivity index (χ1) is 11.7. The Morgan fingerprint density at radius 3 is 2.92 bits per heavy atom. The van der Waals surface area contributed by atoms with E-state index in [-0.39, 0.29) is 6.10 Å². The van der Waals surface area contributed by atoms with Gasteiger partial charge in [-0.05, 0) is 26.1 Å². The van der Waals surface area contributed by atoms with Gasteiger partial charge in [-0.25, -0.2) is 0 Å². The predicted molar refractivity (Wildman–Crippen MR) is 96.4 cm³/mol. The number of morpholine rings is 1. The number of rotatable bonds is 6. The molecule has 0 aromatic heterocycles. The Balaban J connectivity index is 1.93. The summed E-state index contributed by atoms with van der Waals surface area (Å²) in [7, 11) is 5.48. The van der Waals surface area contributed by atoms with Crippen molar-refractivity contribution in [2.45, 2.75) is 13.0 Å². The highest BCUT2D eigenvalue weighted by atomic mass is 16.5. The van der Waals surface area contributed by atoms with Crippen LogP contribution in [-0.4, -0.2) is 71.0 Å². The van der Waals surface area contributed by atoms with Gasteiger partial charge in [0.05, 0.1) is 26.4 Å². The van der Waals surface area contributed by atoms with Gasteiger partial charge in [0.2, 0.25) is 0 Å². The van der Waals surface area contributed by atoms with E-state index in [1.165, 1.54) is 0 Å². The number of ether oxygens (including phenoxy) is 3. The number of hydrogen-bond donors (Lipinski definition) is 2. The van der Waals surface area contributed by atoms with Gasteiger partial charge in [0.25, 0.3) is 0 Å². The Bertz CT molecular complexity index is 551. The number of hydrogen-bond acceptors (Lipinski definition) is 5. The molecule has 24 heavy (non-hydrogen) atoms. The van der Waals surface area contributed by atoms with Crippen LogP contribution in [0.4, 0.5) is 5.69 Å². The van der Waals surface area contributed by atoms with E-state index < -0.39 is 0 Å². The van der Waals surface area contributed by atoms with Gasteiger partial charge in [-0.3, -0.25) is 4.99 Å². The molecule has 0 radical (unpaired) electrons. The van der Waals surface area contributed by atoms with Crippen LogP contribution < -0.4 is 20.1 Å². The van der Waals surface area contributed by atoms with Crippen molar-refractivity contribution in [2.75, 3.05) is 59.4 Å². The zero-order valence-electron chi connectivity index (χ0n) is 15.0. The minimum absolute atomic E-state index is 0.164. The lowest BCUT2D eigenvalue weighted by Crippen LogP contribution is -2.47. The number of aliphatic imine (C=N–C) groups is 1. The number of guanidine groups is 1. The zero-order valence-corrected chi connectivity index (χ0v) is 15.0. The van der Waals surface area contributed by atoms with Gasteiger partial charge in [-0.15, -0.1) is 0 Å². The molecule has 1 unspecified atom stereocenters. The molecule has 1 atom stereocenters. The molecule has 0 bridgehead atoms. The van der Waals surface area contributed by atoms with Crippen LogP contribution in [0.3, 0.4) is 0 Å². The molecule has 1 aliphatic rings. The Morgan fingerprint density at radius 2 is 2.25 bits per heavy atom.